The maximum atomic E-state index is 5.58. The molecular weight excluding hydrogens is 276 g/mol. The van der Waals surface area contributed by atoms with Crippen LogP contribution in [0.15, 0.2) is 10.6 Å². The highest BCUT2D eigenvalue weighted by Crippen LogP contribution is 2.32. The topological polar surface area (TPSA) is 47.1 Å². The summed E-state index contributed by atoms with van der Waals surface area (Å²) in [5, 5.41) is 8.64. The van der Waals surface area contributed by atoms with Gasteiger partial charge >= 0.3 is 0 Å². The lowest BCUT2D eigenvalue weighted by atomic mass is 10.1. The highest BCUT2D eigenvalue weighted by Gasteiger charge is 2.27. The van der Waals surface area contributed by atoms with Crippen molar-refractivity contribution in [3.63, 3.8) is 0 Å². The SMILES string of the molecule is Cc1cc([C@H]2CCCCCN2Cc2c(C)nn(C)c2C)on1. The van der Waals surface area contributed by atoms with Gasteiger partial charge in [-0.3, -0.25) is 9.58 Å². The van der Waals surface area contributed by atoms with Crippen molar-refractivity contribution in [2.24, 2.45) is 7.05 Å². The summed E-state index contributed by atoms with van der Waals surface area (Å²) in [4.78, 5) is 2.55. The Bertz CT molecular complexity index is 643. The first-order valence-electron chi connectivity index (χ1n) is 8.22. The Labute approximate surface area is 132 Å². The average Bonchev–Trinajstić information content (AvgIpc) is 2.90. The molecule has 3 heterocycles. The van der Waals surface area contributed by atoms with Gasteiger partial charge in [0, 0.05) is 30.9 Å². The van der Waals surface area contributed by atoms with Crippen molar-refractivity contribution < 1.29 is 4.52 Å². The number of nitrogens with zero attached hydrogens (tertiary/aromatic N) is 4. The third-order valence-corrected chi connectivity index (χ3v) is 4.86. The summed E-state index contributed by atoms with van der Waals surface area (Å²) in [6, 6.07) is 2.43. The van der Waals surface area contributed by atoms with E-state index in [1.54, 1.807) is 0 Å². The molecule has 1 atom stereocenters. The highest BCUT2D eigenvalue weighted by molar-refractivity contribution is 5.24. The number of hydrogen-bond acceptors (Lipinski definition) is 4. The van der Waals surface area contributed by atoms with Crippen molar-refractivity contribution in [3.8, 4) is 0 Å². The van der Waals surface area contributed by atoms with Crippen LogP contribution in [0.5, 0.6) is 0 Å². The van der Waals surface area contributed by atoms with Gasteiger partial charge in [-0.05, 0) is 40.2 Å². The zero-order chi connectivity index (χ0) is 15.7. The molecule has 0 aliphatic carbocycles. The summed E-state index contributed by atoms with van der Waals surface area (Å²) in [6.45, 7) is 8.30. The summed E-state index contributed by atoms with van der Waals surface area (Å²) in [5.41, 5.74) is 4.71. The summed E-state index contributed by atoms with van der Waals surface area (Å²) in [6.07, 6.45) is 4.95. The molecule has 2 aromatic rings. The zero-order valence-electron chi connectivity index (χ0n) is 14.1. The van der Waals surface area contributed by atoms with Gasteiger partial charge in [-0.25, -0.2) is 0 Å². The fraction of sp³-hybridized carbons (Fsp3) is 0.647. The standard InChI is InChI=1S/C17H26N4O/c1-12-10-17(22-19-12)16-8-6-5-7-9-21(16)11-15-13(2)18-20(4)14(15)3/h10,16H,5-9,11H2,1-4H3/t16-/m1/s1. The van der Waals surface area contributed by atoms with Gasteiger partial charge in [0.25, 0.3) is 0 Å². The zero-order valence-corrected chi connectivity index (χ0v) is 14.1. The normalized spacial score (nSPS) is 20.3. The second-order valence-electron chi connectivity index (χ2n) is 6.48. The van der Waals surface area contributed by atoms with E-state index in [4.69, 9.17) is 4.52 Å². The first kappa shape index (κ1) is 15.3. The van der Waals surface area contributed by atoms with Crippen LogP contribution in [-0.2, 0) is 13.6 Å². The molecule has 3 rings (SSSR count). The van der Waals surface area contributed by atoms with Gasteiger partial charge in [0.2, 0.25) is 0 Å². The molecule has 1 aliphatic heterocycles. The molecule has 120 valence electrons. The van der Waals surface area contributed by atoms with Crippen LogP contribution in [0.3, 0.4) is 0 Å². The summed E-state index contributed by atoms with van der Waals surface area (Å²) in [5.74, 6) is 1.01. The maximum absolute atomic E-state index is 5.58. The van der Waals surface area contributed by atoms with Crippen molar-refractivity contribution >= 4 is 0 Å². The fourth-order valence-corrected chi connectivity index (χ4v) is 3.47. The minimum Gasteiger partial charge on any atom is -0.359 e. The van der Waals surface area contributed by atoms with Gasteiger partial charge in [-0.2, -0.15) is 5.10 Å². The molecule has 1 aliphatic rings. The quantitative estimate of drug-likeness (QED) is 0.871. The van der Waals surface area contributed by atoms with E-state index in [9.17, 15) is 0 Å². The van der Waals surface area contributed by atoms with E-state index in [0.29, 0.717) is 6.04 Å². The Morgan fingerprint density at radius 2 is 2.05 bits per heavy atom. The summed E-state index contributed by atoms with van der Waals surface area (Å²) >= 11 is 0. The first-order chi connectivity index (χ1) is 10.6. The maximum Gasteiger partial charge on any atom is 0.154 e. The van der Waals surface area contributed by atoms with Crippen LogP contribution in [0.2, 0.25) is 0 Å². The Balaban J connectivity index is 1.87. The summed E-state index contributed by atoms with van der Waals surface area (Å²) < 4.78 is 7.56. The lowest BCUT2D eigenvalue weighted by molar-refractivity contribution is 0.159. The third kappa shape index (κ3) is 2.95. The lowest BCUT2D eigenvalue weighted by Gasteiger charge is -2.28. The molecule has 0 radical (unpaired) electrons. The third-order valence-electron chi connectivity index (χ3n) is 4.86. The highest BCUT2D eigenvalue weighted by atomic mass is 16.5. The van der Waals surface area contributed by atoms with E-state index >= 15 is 0 Å². The van der Waals surface area contributed by atoms with Gasteiger partial charge < -0.3 is 4.52 Å². The predicted octanol–water partition coefficient (Wildman–Crippen LogP) is 3.45. The molecule has 0 spiro atoms. The first-order valence-corrected chi connectivity index (χ1v) is 8.22. The molecule has 0 unspecified atom stereocenters. The molecule has 5 nitrogen and oxygen atoms in total. The Hall–Kier alpha value is -1.62. The molecule has 0 amide bonds. The van der Waals surface area contributed by atoms with Crippen LogP contribution in [0.4, 0.5) is 0 Å². The van der Waals surface area contributed by atoms with Crippen LogP contribution in [0.1, 0.15) is 60.1 Å². The number of likely N-dealkylation sites (tertiary alicyclic amines) is 1. The monoisotopic (exact) mass is 302 g/mol. The molecule has 22 heavy (non-hydrogen) atoms. The molecule has 0 saturated carbocycles. The molecule has 0 bridgehead atoms. The van der Waals surface area contributed by atoms with Crippen molar-refractivity contribution in [3.05, 3.63) is 34.5 Å². The van der Waals surface area contributed by atoms with E-state index in [1.165, 1.54) is 30.5 Å². The molecule has 0 aromatic carbocycles. The predicted molar refractivity (Wildman–Crippen MR) is 85.5 cm³/mol. The van der Waals surface area contributed by atoms with E-state index in [2.05, 4.69) is 35.1 Å². The Morgan fingerprint density at radius 3 is 2.68 bits per heavy atom. The van der Waals surface area contributed by atoms with Crippen molar-refractivity contribution in [1.29, 1.82) is 0 Å². The van der Waals surface area contributed by atoms with Crippen LogP contribution < -0.4 is 0 Å². The largest absolute Gasteiger partial charge is 0.359 e. The Morgan fingerprint density at radius 1 is 1.23 bits per heavy atom. The van der Waals surface area contributed by atoms with Gasteiger partial charge in [-0.1, -0.05) is 18.0 Å². The second kappa shape index (κ2) is 6.24. The second-order valence-corrected chi connectivity index (χ2v) is 6.48. The van der Waals surface area contributed by atoms with E-state index in [-0.39, 0.29) is 0 Å². The van der Waals surface area contributed by atoms with Crippen LogP contribution in [0.25, 0.3) is 0 Å². The van der Waals surface area contributed by atoms with E-state index in [0.717, 1.165) is 36.7 Å². The van der Waals surface area contributed by atoms with Crippen LogP contribution in [0, 0.1) is 20.8 Å². The lowest BCUT2D eigenvalue weighted by Crippen LogP contribution is -2.28. The molecule has 1 saturated heterocycles. The van der Waals surface area contributed by atoms with Gasteiger partial charge in [0.05, 0.1) is 17.4 Å². The van der Waals surface area contributed by atoms with Gasteiger partial charge in [0.1, 0.15) is 0 Å². The molecule has 2 aromatic heterocycles. The van der Waals surface area contributed by atoms with E-state index in [1.807, 2.05) is 18.7 Å². The number of rotatable bonds is 3. The molecule has 1 fully saturated rings. The number of aryl methyl sites for hydroxylation is 3. The molecule has 0 N–H and O–H groups in total. The minimum absolute atomic E-state index is 0.336. The van der Waals surface area contributed by atoms with Crippen molar-refractivity contribution in [1.82, 2.24) is 19.8 Å². The average molecular weight is 302 g/mol. The Kier molecular flexibility index (Phi) is 4.34. The van der Waals surface area contributed by atoms with E-state index < -0.39 is 0 Å². The van der Waals surface area contributed by atoms with Crippen LogP contribution in [-0.4, -0.2) is 26.4 Å². The summed E-state index contributed by atoms with van der Waals surface area (Å²) in [7, 11) is 2.02. The van der Waals surface area contributed by atoms with Crippen molar-refractivity contribution in [2.75, 3.05) is 6.54 Å². The molecular formula is C17H26N4O. The van der Waals surface area contributed by atoms with Crippen LogP contribution >= 0.6 is 0 Å². The number of aromatic nitrogens is 3. The number of hydrogen-bond donors (Lipinski definition) is 0. The van der Waals surface area contributed by atoms with Gasteiger partial charge in [0.15, 0.2) is 5.76 Å². The molecule has 5 heteroatoms. The van der Waals surface area contributed by atoms with Gasteiger partial charge in [-0.15, -0.1) is 0 Å². The fourth-order valence-electron chi connectivity index (χ4n) is 3.47. The van der Waals surface area contributed by atoms with Crippen molar-refractivity contribution in [2.45, 2.75) is 59.0 Å². The minimum atomic E-state index is 0.336. The smallest absolute Gasteiger partial charge is 0.154 e.